The molecule has 1 aromatic carbocycles. The number of nitrogens with zero attached hydrogens (tertiary/aromatic N) is 2. The van der Waals surface area contributed by atoms with E-state index in [1.54, 1.807) is 13.3 Å². The Morgan fingerprint density at radius 3 is 2.65 bits per heavy atom. The molecular weight excluding hydrogens is 324 g/mol. The number of benzene rings is 1. The first-order valence-corrected chi connectivity index (χ1v) is 6.68. The molecule has 88 valence electrons. The van der Waals surface area contributed by atoms with Crippen molar-refractivity contribution in [3.05, 3.63) is 40.0 Å². The number of ether oxygens (including phenoxy) is 1. The molecule has 1 aromatic heterocycles. The fourth-order valence-electron chi connectivity index (χ4n) is 1.14. The Kier molecular flexibility index (Phi) is 4.25. The average molecular weight is 332 g/mol. The van der Waals surface area contributed by atoms with Crippen LogP contribution in [-0.4, -0.2) is 17.1 Å². The summed E-state index contributed by atoms with van der Waals surface area (Å²) in [6.45, 7) is 0. The van der Waals surface area contributed by atoms with E-state index in [1.807, 2.05) is 24.3 Å². The minimum atomic E-state index is 0.525. The number of hydrogen-bond acceptors (Lipinski definition) is 4. The van der Waals surface area contributed by atoms with E-state index in [0.29, 0.717) is 16.1 Å². The van der Waals surface area contributed by atoms with Crippen LogP contribution in [0.15, 0.2) is 45.0 Å². The van der Waals surface area contributed by atoms with Gasteiger partial charge in [0.25, 0.3) is 0 Å². The quantitative estimate of drug-likeness (QED) is 0.795. The molecule has 1 heterocycles. The van der Waals surface area contributed by atoms with Gasteiger partial charge in [0.1, 0.15) is 0 Å². The lowest BCUT2D eigenvalue weighted by molar-refractivity contribution is 0.389. The van der Waals surface area contributed by atoms with Gasteiger partial charge in [0.15, 0.2) is 5.16 Å². The molecule has 0 atom stereocenters. The summed E-state index contributed by atoms with van der Waals surface area (Å²) in [4.78, 5) is 9.48. The Morgan fingerprint density at radius 1 is 1.29 bits per heavy atom. The van der Waals surface area contributed by atoms with E-state index in [4.69, 9.17) is 16.3 Å². The van der Waals surface area contributed by atoms with E-state index in [0.717, 1.165) is 9.37 Å². The lowest BCUT2D eigenvalue weighted by Crippen LogP contribution is -1.93. The van der Waals surface area contributed by atoms with Crippen LogP contribution in [-0.2, 0) is 0 Å². The van der Waals surface area contributed by atoms with Crippen LogP contribution in [0.3, 0.4) is 0 Å². The normalized spacial score (nSPS) is 10.3. The van der Waals surface area contributed by atoms with E-state index in [2.05, 4.69) is 25.9 Å². The van der Waals surface area contributed by atoms with Crippen molar-refractivity contribution in [3.63, 3.8) is 0 Å². The molecule has 2 rings (SSSR count). The second-order valence-electron chi connectivity index (χ2n) is 3.07. The average Bonchev–Trinajstić information content (AvgIpc) is 2.34. The Balaban J connectivity index is 2.21. The predicted molar refractivity (Wildman–Crippen MR) is 71.9 cm³/mol. The van der Waals surface area contributed by atoms with Gasteiger partial charge < -0.3 is 4.74 Å². The summed E-state index contributed by atoms with van der Waals surface area (Å²) >= 11 is 10.6. The molecule has 0 fully saturated rings. The van der Waals surface area contributed by atoms with Gasteiger partial charge in [-0.3, -0.25) is 0 Å². The molecule has 0 aliphatic rings. The molecule has 6 heteroatoms. The van der Waals surface area contributed by atoms with Crippen LogP contribution in [0.1, 0.15) is 0 Å². The van der Waals surface area contributed by atoms with E-state index < -0.39 is 0 Å². The number of rotatable bonds is 3. The number of halogens is 2. The third-order valence-corrected chi connectivity index (χ3v) is 3.59. The zero-order valence-corrected chi connectivity index (χ0v) is 12.0. The van der Waals surface area contributed by atoms with Crippen molar-refractivity contribution in [3.8, 4) is 5.88 Å². The Bertz CT molecular complexity index is 521. The summed E-state index contributed by atoms with van der Waals surface area (Å²) in [5.41, 5.74) is 0. The molecule has 0 spiro atoms. The summed E-state index contributed by atoms with van der Waals surface area (Å²) in [5, 5.41) is 1.34. The van der Waals surface area contributed by atoms with Crippen LogP contribution in [0, 0.1) is 0 Å². The van der Waals surface area contributed by atoms with Gasteiger partial charge in [-0.1, -0.05) is 11.6 Å². The zero-order valence-electron chi connectivity index (χ0n) is 8.85. The number of aromatic nitrogens is 2. The van der Waals surface area contributed by atoms with Gasteiger partial charge in [-0.15, -0.1) is 0 Å². The van der Waals surface area contributed by atoms with Crippen LogP contribution in [0.5, 0.6) is 5.88 Å². The topological polar surface area (TPSA) is 35.0 Å². The maximum Gasteiger partial charge on any atom is 0.231 e. The van der Waals surface area contributed by atoms with Crippen LogP contribution >= 0.6 is 39.3 Å². The Morgan fingerprint density at radius 2 is 2.00 bits per heavy atom. The molecule has 0 saturated heterocycles. The molecule has 0 bridgehead atoms. The first-order valence-electron chi connectivity index (χ1n) is 4.69. The fraction of sp³-hybridized carbons (Fsp3) is 0.0909. The molecular formula is C11H8BrClN2OS. The Labute approximate surface area is 117 Å². The molecule has 0 aliphatic heterocycles. The van der Waals surface area contributed by atoms with Crippen molar-refractivity contribution in [2.75, 3.05) is 7.11 Å². The van der Waals surface area contributed by atoms with E-state index in [9.17, 15) is 0 Å². The summed E-state index contributed by atoms with van der Waals surface area (Å²) in [7, 11) is 1.57. The zero-order chi connectivity index (χ0) is 12.3. The van der Waals surface area contributed by atoms with E-state index in [-0.39, 0.29) is 0 Å². The maximum absolute atomic E-state index is 5.82. The molecule has 2 aromatic rings. The third-order valence-electron chi connectivity index (χ3n) is 1.91. The molecule has 17 heavy (non-hydrogen) atoms. The van der Waals surface area contributed by atoms with E-state index in [1.165, 1.54) is 11.8 Å². The van der Waals surface area contributed by atoms with Crippen molar-refractivity contribution in [1.82, 2.24) is 9.97 Å². The monoisotopic (exact) mass is 330 g/mol. The standard InChI is InChI=1S/C11H8BrClN2OS/c1-16-10-9(12)6-14-11(15-10)17-8-4-2-7(13)3-5-8/h2-6H,1H3. The van der Waals surface area contributed by atoms with Gasteiger partial charge in [0.2, 0.25) is 5.88 Å². The lowest BCUT2D eigenvalue weighted by Gasteiger charge is -2.04. The van der Waals surface area contributed by atoms with Gasteiger partial charge >= 0.3 is 0 Å². The second kappa shape index (κ2) is 5.71. The minimum Gasteiger partial charge on any atom is -0.480 e. The molecule has 0 amide bonds. The lowest BCUT2D eigenvalue weighted by atomic mass is 10.4. The predicted octanol–water partition coefficient (Wildman–Crippen LogP) is 4.05. The highest BCUT2D eigenvalue weighted by atomic mass is 79.9. The van der Waals surface area contributed by atoms with Crippen molar-refractivity contribution in [1.29, 1.82) is 0 Å². The molecule has 0 unspecified atom stereocenters. The summed E-state index contributed by atoms with van der Waals surface area (Å²) < 4.78 is 5.85. The van der Waals surface area contributed by atoms with Crippen molar-refractivity contribution < 1.29 is 4.74 Å². The van der Waals surface area contributed by atoms with Crippen molar-refractivity contribution in [2.24, 2.45) is 0 Å². The van der Waals surface area contributed by atoms with Crippen molar-refractivity contribution in [2.45, 2.75) is 10.1 Å². The SMILES string of the molecule is COc1nc(Sc2ccc(Cl)cc2)ncc1Br. The summed E-state index contributed by atoms with van der Waals surface area (Å²) in [6.07, 6.45) is 1.67. The van der Waals surface area contributed by atoms with Gasteiger partial charge in [-0.25, -0.2) is 4.98 Å². The van der Waals surface area contributed by atoms with Gasteiger partial charge in [-0.2, -0.15) is 4.98 Å². The highest BCUT2D eigenvalue weighted by Crippen LogP contribution is 2.29. The first kappa shape index (κ1) is 12.7. The minimum absolute atomic E-state index is 0.525. The summed E-state index contributed by atoms with van der Waals surface area (Å²) in [5.74, 6) is 0.525. The maximum atomic E-state index is 5.82. The van der Waals surface area contributed by atoms with Gasteiger partial charge in [0.05, 0.1) is 11.6 Å². The molecule has 0 saturated carbocycles. The van der Waals surface area contributed by atoms with Crippen LogP contribution in [0.2, 0.25) is 5.02 Å². The number of hydrogen-bond donors (Lipinski definition) is 0. The molecule has 0 radical (unpaired) electrons. The molecule has 0 aliphatic carbocycles. The van der Waals surface area contributed by atoms with E-state index >= 15 is 0 Å². The van der Waals surface area contributed by atoms with Crippen LogP contribution < -0.4 is 4.74 Å². The number of methoxy groups -OCH3 is 1. The smallest absolute Gasteiger partial charge is 0.231 e. The Hall–Kier alpha value is -0.780. The molecule has 3 nitrogen and oxygen atoms in total. The second-order valence-corrected chi connectivity index (χ2v) is 5.40. The largest absolute Gasteiger partial charge is 0.480 e. The highest BCUT2D eigenvalue weighted by molar-refractivity contribution is 9.10. The van der Waals surface area contributed by atoms with Crippen LogP contribution in [0.4, 0.5) is 0 Å². The third kappa shape index (κ3) is 3.34. The van der Waals surface area contributed by atoms with Crippen LogP contribution in [0.25, 0.3) is 0 Å². The fourth-order valence-corrected chi connectivity index (χ4v) is 2.33. The molecule has 0 N–H and O–H groups in total. The summed E-state index contributed by atoms with van der Waals surface area (Å²) in [6, 6.07) is 7.51. The van der Waals surface area contributed by atoms with Gasteiger partial charge in [0, 0.05) is 16.1 Å². The highest BCUT2D eigenvalue weighted by Gasteiger charge is 2.06. The first-order chi connectivity index (χ1) is 8.19. The van der Waals surface area contributed by atoms with Crippen molar-refractivity contribution >= 4 is 39.3 Å². The van der Waals surface area contributed by atoms with Gasteiger partial charge in [-0.05, 0) is 52.0 Å².